The van der Waals surface area contributed by atoms with E-state index in [0.717, 1.165) is 0 Å². The smallest absolute Gasteiger partial charge is 0.0434 e. The van der Waals surface area contributed by atoms with Gasteiger partial charge in [0.15, 0.2) is 0 Å². The number of benzene rings is 10. The molecular formula is C56H40S. The fourth-order valence-electron chi connectivity index (χ4n) is 10.0. The highest BCUT2D eigenvalue weighted by Gasteiger charge is 2.24. The van der Waals surface area contributed by atoms with Crippen LogP contribution in [0.4, 0.5) is 0 Å². The highest BCUT2D eigenvalue weighted by atomic mass is 32.1. The van der Waals surface area contributed by atoms with Crippen LogP contribution in [0.25, 0.3) is 108 Å². The first-order valence-corrected chi connectivity index (χ1v) is 20.8. The third-order valence-electron chi connectivity index (χ3n) is 12.4. The number of fused-ring (bicyclic) bond motifs is 7. The largest absolute Gasteiger partial charge is 0.135 e. The second kappa shape index (κ2) is 13.0. The molecule has 270 valence electrons. The fourth-order valence-corrected chi connectivity index (χ4v) is 11.3. The Bertz CT molecular complexity index is 3290. The van der Waals surface area contributed by atoms with Crippen LogP contribution in [0, 0.1) is 27.7 Å². The monoisotopic (exact) mass is 744 g/mol. The summed E-state index contributed by atoms with van der Waals surface area (Å²) in [7, 11) is 0. The van der Waals surface area contributed by atoms with E-state index in [0.29, 0.717) is 0 Å². The molecule has 0 N–H and O–H groups in total. The van der Waals surface area contributed by atoms with E-state index < -0.39 is 0 Å². The van der Waals surface area contributed by atoms with E-state index in [-0.39, 0.29) is 0 Å². The van der Waals surface area contributed by atoms with E-state index in [1.807, 2.05) is 11.3 Å². The minimum absolute atomic E-state index is 1.29. The van der Waals surface area contributed by atoms with E-state index in [1.165, 1.54) is 130 Å². The summed E-state index contributed by atoms with van der Waals surface area (Å²) >= 11 is 1.93. The van der Waals surface area contributed by atoms with E-state index in [2.05, 4.69) is 198 Å². The summed E-state index contributed by atoms with van der Waals surface area (Å²) in [5.74, 6) is 0. The van der Waals surface area contributed by atoms with Crippen molar-refractivity contribution in [2.24, 2.45) is 0 Å². The van der Waals surface area contributed by atoms with Crippen LogP contribution in [-0.4, -0.2) is 0 Å². The first kappa shape index (κ1) is 33.8. The summed E-state index contributed by atoms with van der Waals surface area (Å²) < 4.78 is 2.64. The lowest BCUT2D eigenvalue weighted by atomic mass is 9.82. The van der Waals surface area contributed by atoms with Crippen LogP contribution in [0.2, 0.25) is 0 Å². The van der Waals surface area contributed by atoms with Crippen molar-refractivity contribution in [2.45, 2.75) is 27.7 Å². The summed E-state index contributed by atoms with van der Waals surface area (Å²) in [5, 5.41) is 13.0. The van der Waals surface area contributed by atoms with Crippen molar-refractivity contribution in [1.29, 1.82) is 0 Å². The first-order valence-electron chi connectivity index (χ1n) is 19.9. The van der Waals surface area contributed by atoms with Crippen LogP contribution < -0.4 is 0 Å². The Morgan fingerprint density at radius 3 is 1.00 bits per heavy atom. The van der Waals surface area contributed by atoms with E-state index in [1.54, 1.807) is 0 Å². The van der Waals surface area contributed by atoms with Crippen LogP contribution in [0.3, 0.4) is 0 Å². The van der Waals surface area contributed by atoms with Gasteiger partial charge in [0.2, 0.25) is 0 Å². The number of hydrogen-bond acceptors (Lipinski definition) is 1. The SMILES string of the molecule is Cc1cccc(C)c1-c1c2ccccc2c(-c2cccc3c2sc2cccc(-c4c5ccccc5c(-c5c(C)cccc5C)c5ccccc45)c23)c2ccccc12. The van der Waals surface area contributed by atoms with E-state index >= 15 is 0 Å². The van der Waals surface area contributed by atoms with Gasteiger partial charge in [0.05, 0.1) is 0 Å². The van der Waals surface area contributed by atoms with Crippen molar-refractivity contribution in [3.8, 4) is 44.5 Å². The molecule has 10 aromatic carbocycles. The maximum atomic E-state index is 2.36. The van der Waals surface area contributed by atoms with Gasteiger partial charge in [-0.1, -0.05) is 164 Å². The van der Waals surface area contributed by atoms with Crippen LogP contribution in [0.5, 0.6) is 0 Å². The maximum absolute atomic E-state index is 2.36. The molecule has 0 radical (unpaired) electrons. The molecule has 0 saturated carbocycles. The predicted octanol–water partition coefficient (Wildman–Crippen LogP) is 16.6. The van der Waals surface area contributed by atoms with Crippen molar-refractivity contribution in [2.75, 3.05) is 0 Å². The topological polar surface area (TPSA) is 0 Å². The van der Waals surface area contributed by atoms with Gasteiger partial charge in [-0.25, -0.2) is 0 Å². The van der Waals surface area contributed by atoms with Crippen LogP contribution >= 0.6 is 11.3 Å². The highest BCUT2D eigenvalue weighted by Crippen LogP contribution is 2.52. The number of thiophene rings is 1. The summed E-state index contributed by atoms with van der Waals surface area (Å²) in [4.78, 5) is 0. The zero-order chi connectivity index (χ0) is 38.4. The quantitative estimate of drug-likeness (QED) is 0.157. The van der Waals surface area contributed by atoms with Crippen molar-refractivity contribution in [3.05, 3.63) is 192 Å². The molecule has 0 nitrogen and oxygen atoms in total. The molecule has 1 heterocycles. The Labute approximate surface area is 337 Å². The molecule has 1 aromatic heterocycles. The molecule has 0 unspecified atom stereocenters. The highest BCUT2D eigenvalue weighted by molar-refractivity contribution is 7.26. The predicted molar refractivity (Wildman–Crippen MR) is 250 cm³/mol. The Kier molecular flexibility index (Phi) is 7.71. The summed E-state index contributed by atoms with van der Waals surface area (Å²) in [5.41, 5.74) is 15.7. The van der Waals surface area contributed by atoms with Gasteiger partial charge < -0.3 is 0 Å². The van der Waals surface area contributed by atoms with Gasteiger partial charge in [-0.15, -0.1) is 11.3 Å². The maximum Gasteiger partial charge on any atom is 0.0434 e. The van der Waals surface area contributed by atoms with Gasteiger partial charge in [0.1, 0.15) is 0 Å². The lowest BCUT2D eigenvalue weighted by molar-refractivity contribution is 1.39. The average molecular weight is 745 g/mol. The first-order chi connectivity index (χ1) is 28.0. The number of rotatable bonds is 4. The number of hydrogen-bond donors (Lipinski definition) is 0. The molecule has 0 spiro atoms. The van der Waals surface area contributed by atoms with Crippen LogP contribution in [0.15, 0.2) is 170 Å². The molecule has 0 fully saturated rings. The lowest BCUT2D eigenvalue weighted by Crippen LogP contribution is -1.94. The summed E-state index contributed by atoms with van der Waals surface area (Å²) in [6.45, 7) is 9.00. The lowest BCUT2D eigenvalue weighted by Gasteiger charge is -2.20. The van der Waals surface area contributed by atoms with Crippen molar-refractivity contribution < 1.29 is 0 Å². The normalized spacial score (nSPS) is 11.9. The molecule has 11 aromatic rings. The molecular weight excluding hydrogens is 705 g/mol. The van der Waals surface area contributed by atoms with E-state index in [9.17, 15) is 0 Å². The Morgan fingerprint density at radius 2 is 0.579 bits per heavy atom. The fraction of sp³-hybridized carbons (Fsp3) is 0.0714. The molecule has 0 aliphatic heterocycles. The molecule has 0 aliphatic rings. The zero-order valence-corrected chi connectivity index (χ0v) is 33.4. The van der Waals surface area contributed by atoms with Gasteiger partial charge in [0.25, 0.3) is 0 Å². The van der Waals surface area contributed by atoms with Gasteiger partial charge in [-0.05, 0) is 138 Å². The van der Waals surface area contributed by atoms with Gasteiger partial charge in [-0.3, -0.25) is 0 Å². The van der Waals surface area contributed by atoms with Gasteiger partial charge in [-0.2, -0.15) is 0 Å². The second-order valence-electron chi connectivity index (χ2n) is 15.7. The molecule has 0 bridgehead atoms. The number of aryl methyl sites for hydroxylation is 4. The molecule has 0 saturated heterocycles. The van der Waals surface area contributed by atoms with Crippen LogP contribution in [-0.2, 0) is 0 Å². The average Bonchev–Trinajstić information content (AvgIpc) is 3.63. The Morgan fingerprint density at radius 1 is 0.263 bits per heavy atom. The molecule has 1 heteroatoms. The van der Waals surface area contributed by atoms with Crippen LogP contribution in [0.1, 0.15) is 22.3 Å². The van der Waals surface area contributed by atoms with Gasteiger partial charge in [0, 0.05) is 25.7 Å². The minimum Gasteiger partial charge on any atom is -0.135 e. The van der Waals surface area contributed by atoms with Crippen molar-refractivity contribution in [1.82, 2.24) is 0 Å². The third-order valence-corrected chi connectivity index (χ3v) is 13.6. The Balaban J connectivity index is 1.24. The standard InChI is InChI=1S/C56H40S/c1-33-17-13-18-34(2)49(33)54-41-25-9-5-21-37(41)51(38-22-6-10-26-42(38)54)45-29-16-32-48-53(45)47-31-15-30-46(56(47)57-48)52-39-23-7-11-27-43(39)55(44-28-12-8-24-40(44)52)50-35(3)19-14-20-36(50)4/h5-32H,1-4H3. The minimum atomic E-state index is 1.29. The van der Waals surface area contributed by atoms with Crippen molar-refractivity contribution in [3.63, 3.8) is 0 Å². The molecule has 0 atom stereocenters. The molecule has 0 amide bonds. The molecule has 0 aliphatic carbocycles. The Hall–Kier alpha value is -6.54. The second-order valence-corrected chi connectivity index (χ2v) is 16.7. The molecule has 11 rings (SSSR count). The third kappa shape index (κ3) is 4.99. The van der Waals surface area contributed by atoms with Gasteiger partial charge >= 0.3 is 0 Å². The zero-order valence-electron chi connectivity index (χ0n) is 32.6. The van der Waals surface area contributed by atoms with Crippen molar-refractivity contribution >= 4 is 74.6 Å². The summed E-state index contributed by atoms with van der Waals surface area (Å²) in [6.07, 6.45) is 0. The summed E-state index contributed by atoms with van der Waals surface area (Å²) in [6, 6.07) is 63.6. The molecule has 57 heavy (non-hydrogen) atoms. The van der Waals surface area contributed by atoms with E-state index in [4.69, 9.17) is 0 Å².